The van der Waals surface area contributed by atoms with Crippen LogP contribution in [0.25, 0.3) is 0 Å². The van der Waals surface area contributed by atoms with E-state index in [2.05, 4.69) is 4.74 Å². The first-order valence-corrected chi connectivity index (χ1v) is 11.9. The SMILES string of the molecule is Cc1ccc(S(=O)(=O)O[C@H]2CC23CN(c2ccc(N4CC[OH+]CC4)c(F)c2)C(=O)O3)cc1. The molecule has 1 amide bonds. The number of hydrogen-bond donors (Lipinski definition) is 0. The average Bonchev–Trinajstić information content (AvgIpc) is 3.29. The van der Waals surface area contributed by atoms with E-state index in [1.807, 2.05) is 11.8 Å². The number of ether oxygens (including phenoxy) is 2. The molecule has 8 nitrogen and oxygen atoms in total. The summed E-state index contributed by atoms with van der Waals surface area (Å²) in [6.45, 7) is 4.59. The Morgan fingerprint density at radius 3 is 2.56 bits per heavy atom. The van der Waals surface area contributed by atoms with Gasteiger partial charge in [-0.15, -0.1) is 0 Å². The normalized spacial score (nSPS) is 25.3. The zero-order valence-corrected chi connectivity index (χ0v) is 18.3. The quantitative estimate of drug-likeness (QED) is 0.500. The van der Waals surface area contributed by atoms with Gasteiger partial charge < -0.3 is 14.4 Å². The lowest BCUT2D eigenvalue weighted by Crippen LogP contribution is -2.38. The van der Waals surface area contributed by atoms with E-state index < -0.39 is 33.7 Å². The van der Waals surface area contributed by atoms with Gasteiger partial charge in [-0.1, -0.05) is 17.7 Å². The molecule has 1 aliphatic carbocycles. The van der Waals surface area contributed by atoms with Gasteiger partial charge in [-0.25, -0.2) is 9.18 Å². The maximum Gasteiger partial charge on any atom is 0.415 e. The molecule has 0 bridgehead atoms. The van der Waals surface area contributed by atoms with Crippen molar-refractivity contribution in [3.63, 3.8) is 0 Å². The highest BCUT2D eigenvalue weighted by atomic mass is 32.2. The Hall–Kier alpha value is -2.69. The van der Waals surface area contributed by atoms with Crippen molar-refractivity contribution in [2.24, 2.45) is 0 Å². The van der Waals surface area contributed by atoms with Crippen LogP contribution in [-0.2, 0) is 19.0 Å². The third kappa shape index (κ3) is 3.82. The van der Waals surface area contributed by atoms with E-state index in [0.29, 0.717) is 37.7 Å². The fourth-order valence-electron chi connectivity index (χ4n) is 4.12. The molecule has 3 fully saturated rings. The number of morpholine rings is 1. The molecule has 3 aliphatic rings. The molecule has 2 atom stereocenters. The lowest BCUT2D eigenvalue weighted by atomic mass is 10.2. The van der Waals surface area contributed by atoms with Crippen molar-refractivity contribution in [2.75, 3.05) is 42.6 Å². The first-order chi connectivity index (χ1) is 15.3. The van der Waals surface area contributed by atoms with E-state index in [-0.39, 0.29) is 17.9 Å². The largest absolute Gasteiger partial charge is 0.438 e. The minimum Gasteiger partial charge on any atom is -0.438 e. The maximum atomic E-state index is 14.8. The summed E-state index contributed by atoms with van der Waals surface area (Å²) >= 11 is 0. The van der Waals surface area contributed by atoms with E-state index >= 15 is 0 Å². The van der Waals surface area contributed by atoms with Crippen LogP contribution in [0.3, 0.4) is 0 Å². The van der Waals surface area contributed by atoms with Crippen molar-refractivity contribution in [2.45, 2.75) is 29.9 Å². The summed E-state index contributed by atoms with van der Waals surface area (Å²) in [6, 6.07) is 11.0. The van der Waals surface area contributed by atoms with Crippen LogP contribution in [0.15, 0.2) is 47.4 Å². The molecule has 2 saturated heterocycles. The zero-order valence-electron chi connectivity index (χ0n) is 17.5. The molecular weight excluding hydrogens is 439 g/mol. The number of nitrogens with zero attached hydrogens (tertiary/aromatic N) is 2. The van der Waals surface area contributed by atoms with Gasteiger partial charge >= 0.3 is 6.09 Å². The number of anilines is 2. The molecule has 0 radical (unpaired) electrons. The van der Waals surface area contributed by atoms with Crippen molar-refractivity contribution in [3.05, 3.63) is 53.8 Å². The van der Waals surface area contributed by atoms with Crippen molar-refractivity contribution in [3.8, 4) is 0 Å². The molecule has 0 aromatic heterocycles. The van der Waals surface area contributed by atoms with Crippen molar-refractivity contribution < 1.29 is 31.3 Å². The first kappa shape index (κ1) is 21.2. The first-order valence-electron chi connectivity index (χ1n) is 10.5. The molecule has 2 aliphatic heterocycles. The molecule has 1 spiro atoms. The summed E-state index contributed by atoms with van der Waals surface area (Å²) in [5.41, 5.74) is 0.726. The van der Waals surface area contributed by atoms with E-state index in [9.17, 15) is 17.6 Å². The van der Waals surface area contributed by atoms with Gasteiger partial charge in [-0.2, -0.15) is 8.42 Å². The Morgan fingerprint density at radius 1 is 1.16 bits per heavy atom. The molecule has 1 unspecified atom stereocenters. The van der Waals surface area contributed by atoms with Crippen molar-refractivity contribution in [1.29, 1.82) is 0 Å². The van der Waals surface area contributed by atoms with Crippen LogP contribution in [-0.4, -0.2) is 63.8 Å². The van der Waals surface area contributed by atoms with Crippen molar-refractivity contribution >= 4 is 27.6 Å². The monoisotopic (exact) mass is 463 g/mol. The predicted molar refractivity (Wildman–Crippen MR) is 115 cm³/mol. The predicted octanol–water partition coefficient (Wildman–Crippen LogP) is 2.36. The fraction of sp³-hybridized carbons (Fsp3) is 0.409. The van der Waals surface area contributed by atoms with Crippen LogP contribution in [0.2, 0.25) is 0 Å². The van der Waals surface area contributed by atoms with E-state index in [1.165, 1.54) is 23.1 Å². The molecule has 2 aromatic carbocycles. The van der Waals surface area contributed by atoms with Gasteiger partial charge in [0.1, 0.15) is 11.9 Å². The Balaban J connectivity index is 1.29. The van der Waals surface area contributed by atoms with Crippen molar-refractivity contribution in [1.82, 2.24) is 0 Å². The number of aliphatic hydroxyl groups is 2. The topological polar surface area (TPSA) is 89.0 Å². The highest BCUT2D eigenvalue weighted by molar-refractivity contribution is 7.86. The van der Waals surface area contributed by atoms with Gasteiger partial charge in [-0.05, 0) is 37.3 Å². The van der Waals surface area contributed by atoms with Crippen LogP contribution >= 0.6 is 0 Å². The number of benzene rings is 2. The van der Waals surface area contributed by atoms with Gasteiger partial charge in [0.25, 0.3) is 10.1 Å². The highest BCUT2D eigenvalue weighted by Gasteiger charge is 2.66. The second kappa shape index (κ2) is 7.72. The van der Waals surface area contributed by atoms with Gasteiger partial charge in [0.05, 0.1) is 35.9 Å². The Labute approximate surface area is 185 Å². The molecule has 170 valence electrons. The summed E-state index contributed by atoms with van der Waals surface area (Å²) in [4.78, 5) is 15.8. The van der Waals surface area contributed by atoms with E-state index in [4.69, 9.17) is 8.92 Å². The second-order valence-corrected chi connectivity index (χ2v) is 9.94. The number of amides is 1. The fourth-order valence-corrected chi connectivity index (χ4v) is 5.25. The average molecular weight is 464 g/mol. The number of hydrogen-bond acceptors (Lipinski definition) is 6. The summed E-state index contributed by atoms with van der Waals surface area (Å²) in [5, 5.41) is 0. The van der Waals surface area contributed by atoms with Crippen LogP contribution < -0.4 is 9.80 Å². The van der Waals surface area contributed by atoms with Gasteiger partial charge in [-0.3, -0.25) is 9.08 Å². The zero-order chi connectivity index (χ0) is 22.5. The number of rotatable bonds is 5. The molecule has 10 heteroatoms. The summed E-state index contributed by atoms with van der Waals surface area (Å²) < 4.78 is 55.0. The number of carbonyl (C=O) groups is 1. The second-order valence-electron chi connectivity index (χ2n) is 8.37. The Bertz CT molecular complexity index is 1150. The molecule has 1 saturated carbocycles. The smallest absolute Gasteiger partial charge is 0.415 e. The lowest BCUT2D eigenvalue weighted by Gasteiger charge is -2.27. The van der Waals surface area contributed by atoms with Gasteiger partial charge in [0.2, 0.25) is 0 Å². The number of aryl methyl sites for hydroxylation is 1. The lowest BCUT2D eigenvalue weighted by molar-refractivity contribution is -0.0438. The standard InChI is InChI=1S/C22H23FN2O6S/c1-15-2-5-17(6-3-15)32(27,28)31-20-13-22(20)14-25(21(26)30-22)16-4-7-19(18(23)12-16)24-8-10-29-11-9-24/h2-7,12,20H,8-11,13-14H2,1H3/p+1/t20-,22?/m0/s1. The summed E-state index contributed by atoms with van der Waals surface area (Å²) in [6.07, 6.45) is -1.16. The number of halogens is 1. The maximum absolute atomic E-state index is 14.8. The highest BCUT2D eigenvalue weighted by Crippen LogP contribution is 2.49. The Kier molecular flexibility index (Phi) is 5.11. The Morgan fingerprint density at radius 2 is 1.88 bits per heavy atom. The van der Waals surface area contributed by atoms with Gasteiger partial charge in [0.15, 0.2) is 18.8 Å². The van der Waals surface area contributed by atoms with Crippen LogP contribution in [0.4, 0.5) is 20.6 Å². The minimum atomic E-state index is -3.98. The van der Waals surface area contributed by atoms with E-state index in [0.717, 1.165) is 5.56 Å². The molecule has 5 rings (SSSR count). The minimum absolute atomic E-state index is 0.0505. The summed E-state index contributed by atoms with van der Waals surface area (Å²) in [7, 11) is -3.98. The molecule has 1 N–H and O–H groups in total. The number of carbonyl (C=O) groups excluding carboxylic acids is 1. The molecule has 2 heterocycles. The van der Waals surface area contributed by atoms with E-state index in [1.54, 1.807) is 24.3 Å². The summed E-state index contributed by atoms with van der Waals surface area (Å²) in [5.74, 6) is -0.427. The molecular formula is C22H24FN2O6S+. The molecule has 32 heavy (non-hydrogen) atoms. The third-order valence-electron chi connectivity index (χ3n) is 6.09. The van der Waals surface area contributed by atoms with Crippen LogP contribution in [0.1, 0.15) is 12.0 Å². The third-order valence-corrected chi connectivity index (χ3v) is 7.42. The van der Waals surface area contributed by atoms with Crippen LogP contribution in [0.5, 0.6) is 0 Å². The molecule has 2 aromatic rings. The van der Waals surface area contributed by atoms with Gasteiger partial charge in [0, 0.05) is 6.42 Å². The van der Waals surface area contributed by atoms with Crippen LogP contribution in [0, 0.1) is 12.7 Å².